The van der Waals surface area contributed by atoms with Gasteiger partial charge in [-0.2, -0.15) is 0 Å². The number of thiocarbonyl (C=S) groups is 1. The molecule has 0 radical (unpaired) electrons. The van der Waals surface area contributed by atoms with Gasteiger partial charge in [-0.25, -0.2) is 4.79 Å². The molecule has 0 amide bonds. The van der Waals surface area contributed by atoms with Crippen molar-refractivity contribution in [3.63, 3.8) is 0 Å². The Bertz CT molecular complexity index is 772. The maximum absolute atomic E-state index is 12.0. The van der Waals surface area contributed by atoms with Gasteiger partial charge in [0.05, 0.1) is 12.7 Å². The van der Waals surface area contributed by atoms with Gasteiger partial charge in [0.2, 0.25) is 0 Å². The molecule has 8 heteroatoms. The van der Waals surface area contributed by atoms with Crippen molar-refractivity contribution in [3.05, 3.63) is 27.8 Å². The SMILES string of the molecule is COC(=O)c1c(NC(=S)Nc2cc(C(C)(C)C)on2)sc(C)c1C. The third-order valence-corrected chi connectivity index (χ3v) is 4.82. The van der Waals surface area contributed by atoms with E-state index in [1.807, 2.05) is 34.6 Å². The molecule has 0 aromatic carbocycles. The Hall–Kier alpha value is -1.93. The van der Waals surface area contributed by atoms with E-state index in [0.29, 0.717) is 21.5 Å². The van der Waals surface area contributed by atoms with E-state index in [2.05, 4.69) is 15.8 Å². The third-order valence-electron chi connectivity index (χ3n) is 3.49. The molecule has 6 nitrogen and oxygen atoms in total. The summed E-state index contributed by atoms with van der Waals surface area (Å²) in [7, 11) is 1.36. The van der Waals surface area contributed by atoms with E-state index in [9.17, 15) is 4.79 Å². The molecule has 0 saturated carbocycles. The molecule has 0 atom stereocenters. The van der Waals surface area contributed by atoms with Crippen LogP contribution in [0, 0.1) is 13.8 Å². The van der Waals surface area contributed by atoms with E-state index in [1.165, 1.54) is 18.4 Å². The zero-order valence-electron chi connectivity index (χ0n) is 14.6. The number of nitrogens with one attached hydrogen (secondary N) is 2. The number of esters is 1. The standard InChI is InChI=1S/C16H21N3O3S2/c1-8-9(2)24-13(12(8)14(20)21-6)18-15(23)17-11-7-10(22-19-11)16(3,4)5/h7H,1-6H3,(H2,17,18,19,23). The number of thiophene rings is 1. The predicted molar refractivity (Wildman–Crippen MR) is 100 cm³/mol. The quantitative estimate of drug-likeness (QED) is 0.620. The highest BCUT2D eigenvalue weighted by atomic mass is 32.1. The van der Waals surface area contributed by atoms with E-state index in [0.717, 1.165) is 16.2 Å². The number of ether oxygens (including phenoxy) is 1. The monoisotopic (exact) mass is 367 g/mol. The largest absolute Gasteiger partial charge is 0.465 e. The number of nitrogens with zero attached hydrogens (tertiary/aromatic N) is 1. The average Bonchev–Trinajstić information content (AvgIpc) is 3.04. The zero-order valence-corrected chi connectivity index (χ0v) is 16.2. The molecule has 0 aliphatic heterocycles. The molecule has 2 heterocycles. The highest BCUT2D eigenvalue weighted by molar-refractivity contribution is 7.80. The van der Waals surface area contributed by atoms with Crippen LogP contribution in [0.15, 0.2) is 10.6 Å². The van der Waals surface area contributed by atoms with E-state index in [4.69, 9.17) is 21.5 Å². The molecule has 0 fully saturated rings. The molecule has 2 N–H and O–H groups in total. The van der Waals surface area contributed by atoms with Crippen molar-refractivity contribution >= 4 is 45.5 Å². The maximum Gasteiger partial charge on any atom is 0.341 e. The van der Waals surface area contributed by atoms with Crippen LogP contribution in [0.4, 0.5) is 10.8 Å². The second kappa shape index (κ2) is 6.90. The molecule has 0 aliphatic carbocycles. The zero-order chi connectivity index (χ0) is 18.1. The average molecular weight is 367 g/mol. The predicted octanol–water partition coefficient (Wildman–Crippen LogP) is 4.25. The number of methoxy groups -OCH3 is 1. The maximum atomic E-state index is 12.0. The van der Waals surface area contributed by atoms with Gasteiger partial charge in [-0.15, -0.1) is 11.3 Å². The van der Waals surface area contributed by atoms with Crippen LogP contribution in [0.3, 0.4) is 0 Å². The first-order valence-electron chi connectivity index (χ1n) is 7.37. The molecule has 0 spiro atoms. The van der Waals surface area contributed by atoms with Gasteiger partial charge in [0, 0.05) is 16.4 Å². The summed E-state index contributed by atoms with van der Waals surface area (Å²) in [5, 5.41) is 10.9. The van der Waals surface area contributed by atoms with E-state index < -0.39 is 5.97 Å². The lowest BCUT2D eigenvalue weighted by Gasteiger charge is -2.12. The van der Waals surface area contributed by atoms with Gasteiger partial charge in [-0.3, -0.25) is 0 Å². The molecule has 0 saturated heterocycles. The first-order valence-corrected chi connectivity index (χ1v) is 8.59. The molecule has 2 aromatic rings. The smallest absolute Gasteiger partial charge is 0.341 e. The van der Waals surface area contributed by atoms with Gasteiger partial charge in [0.25, 0.3) is 0 Å². The van der Waals surface area contributed by atoms with Crippen molar-refractivity contribution in [3.8, 4) is 0 Å². The Labute approximate surface area is 150 Å². The number of anilines is 2. The molecular weight excluding hydrogens is 346 g/mol. The summed E-state index contributed by atoms with van der Waals surface area (Å²) < 4.78 is 10.2. The fraction of sp³-hybridized carbons (Fsp3) is 0.438. The van der Waals surface area contributed by atoms with Crippen molar-refractivity contribution in [2.75, 3.05) is 17.7 Å². The topological polar surface area (TPSA) is 76.4 Å². The fourth-order valence-electron chi connectivity index (χ4n) is 2.00. The van der Waals surface area contributed by atoms with E-state index in [-0.39, 0.29) is 5.41 Å². The molecule has 0 unspecified atom stereocenters. The number of carbonyl (C=O) groups is 1. The number of aryl methyl sites for hydroxylation is 1. The van der Waals surface area contributed by atoms with Gasteiger partial charge >= 0.3 is 5.97 Å². The van der Waals surface area contributed by atoms with Gasteiger partial charge in [-0.05, 0) is 31.6 Å². The van der Waals surface area contributed by atoms with Crippen LogP contribution >= 0.6 is 23.6 Å². The highest BCUT2D eigenvalue weighted by Gasteiger charge is 2.22. The van der Waals surface area contributed by atoms with E-state index in [1.54, 1.807) is 6.07 Å². The van der Waals surface area contributed by atoms with Crippen molar-refractivity contribution in [1.29, 1.82) is 0 Å². The molecule has 24 heavy (non-hydrogen) atoms. The summed E-state index contributed by atoms with van der Waals surface area (Å²) in [4.78, 5) is 13.0. The first kappa shape index (κ1) is 18.4. The molecule has 130 valence electrons. The molecule has 2 rings (SSSR count). The van der Waals surface area contributed by atoms with Crippen LogP contribution in [0.25, 0.3) is 0 Å². The summed E-state index contributed by atoms with van der Waals surface area (Å²) in [6.45, 7) is 9.93. The fourth-order valence-corrected chi connectivity index (χ4v) is 3.33. The number of aromatic nitrogens is 1. The van der Waals surface area contributed by atoms with Crippen molar-refractivity contribution in [1.82, 2.24) is 5.16 Å². The second-order valence-corrected chi connectivity index (χ2v) is 8.02. The minimum atomic E-state index is -0.390. The number of carbonyl (C=O) groups excluding carboxylic acids is 1. The highest BCUT2D eigenvalue weighted by Crippen LogP contribution is 2.33. The normalized spacial score (nSPS) is 11.2. The Balaban J connectivity index is 2.15. The van der Waals surface area contributed by atoms with Gasteiger partial charge in [-0.1, -0.05) is 25.9 Å². The summed E-state index contributed by atoms with van der Waals surface area (Å²) >= 11 is 6.76. The van der Waals surface area contributed by atoms with Crippen LogP contribution in [-0.2, 0) is 10.2 Å². The first-order chi connectivity index (χ1) is 11.1. The van der Waals surface area contributed by atoms with Gasteiger partial charge in [0.15, 0.2) is 10.9 Å². The van der Waals surface area contributed by atoms with Crippen molar-refractivity contribution in [2.45, 2.75) is 40.0 Å². The third kappa shape index (κ3) is 3.93. The molecule has 0 aliphatic rings. The minimum absolute atomic E-state index is 0.137. The lowest BCUT2D eigenvalue weighted by atomic mass is 9.93. The summed E-state index contributed by atoms with van der Waals surface area (Å²) in [6.07, 6.45) is 0. The van der Waals surface area contributed by atoms with Crippen LogP contribution in [0.2, 0.25) is 0 Å². The minimum Gasteiger partial charge on any atom is -0.465 e. The van der Waals surface area contributed by atoms with Crippen LogP contribution in [0.1, 0.15) is 47.3 Å². The van der Waals surface area contributed by atoms with E-state index >= 15 is 0 Å². The number of hydrogen-bond acceptors (Lipinski definition) is 6. The van der Waals surface area contributed by atoms with Crippen LogP contribution in [0.5, 0.6) is 0 Å². The molecule has 0 bridgehead atoms. The summed E-state index contributed by atoms with van der Waals surface area (Å²) in [5.74, 6) is 0.881. The number of hydrogen-bond donors (Lipinski definition) is 2. The Kier molecular flexibility index (Phi) is 5.29. The van der Waals surface area contributed by atoms with Crippen LogP contribution in [-0.4, -0.2) is 23.3 Å². The van der Waals surface area contributed by atoms with Crippen LogP contribution < -0.4 is 10.6 Å². The number of rotatable bonds is 3. The molecular formula is C16H21N3O3S2. The van der Waals surface area contributed by atoms with Crippen molar-refractivity contribution < 1.29 is 14.1 Å². The summed E-state index contributed by atoms with van der Waals surface area (Å²) in [5.41, 5.74) is 1.25. The van der Waals surface area contributed by atoms with Gasteiger partial charge < -0.3 is 19.9 Å². The lowest BCUT2D eigenvalue weighted by Crippen LogP contribution is -2.20. The Morgan fingerprint density at radius 3 is 2.54 bits per heavy atom. The van der Waals surface area contributed by atoms with Crippen molar-refractivity contribution in [2.24, 2.45) is 0 Å². The van der Waals surface area contributed by atoms with Gasteiger partial charge in [0.1, 0.15) is 10.8 Å². The Morgan fingerprint density at radius 1 is 1.33 bits per heavy atom. The second-order valence-electron chi connectivity index (χ2n) is 6.38. The Morgan fingerprint density at radius 2 is 2.00 bits per heavy atom. The summed E-state index contributed by atoms with van der Waals surface area (Å²) in [6, 6.07) is 1.81. The molecule has 2 aromatic heterocycles. The lowest BCUT2D eigenvalue weighted by molar-refractivity contribution is 0.0601.